The molecule has 0 aromatic carbocycles. The van der Waals surface area contributed by atoms with Gasteiger partial charge in [-0.15, -0.1) is 0 Å². The summed E-state index contributed by atoms with van der Waals surface area (Å²) < 4.78 is 0. The average molecular weight is 264 g/mol. The second-order valence-electron chi connectivity index (χ2n) is 7.00. The zero-order chi connectivity index (χ0) is 13.8. The van der Waals surface area contributed by atoms with Crippen molar-refractivity contribution in [2.45, 2.75) is 97.3 Å². The highest BCUT2D eigenvalue weighted by Crippen LogP contribution is 2.54. The van der Waals surface area contributed by atoms with Gasteiger partial charge in [0.05, 0.1) is 0 Å². The molecule has 0 amide bonds. The molecule has 3 aliphatic carbocycles. The van der Waals surface area contributed by atoms with E-state index < -0.39 is 0 Å². The molecule has 0 radical (unpaired) electrons. The lowest BCUT2D eigenvalue weighted by Crippen LogP contribution is -2.44. The molecule has 1 nitrogen and oxygen atoms in total. The topological polar surface area (TPSA) is 17.1 Å². The summed E-state index contributed by atoms with van der Waals surface area (Å²) in [5.74, 6) is 0.658. The smallest absolute Gasteiger partial charge is 0.139 e. The fraction of sp³-hybridized carbons (Fsp3) is 0.944. The summed E-state index contributed by atoms with van der Waals surface area (Å²) in [5.41, 5.74) is 0.610. The Morgan fingerprint density at radius 2 is 1.21 bits per heavy atom. The van der Waals surface area contributed by atoms with Crippen LogP contribution in [0.15, 0.2) is 0 Å². The third-order valence-electron chi connectivity index (χ3n) is 5.99. The molecule has 3 saturated carbocycles. The number of hydrogen-bond acceptors (Lipinski definition) is 1. The molecule has 2 spiro atoms. The molecule has 19 heavy (non-hydrogen) atoms. The lowest BCUT2D eigenvalue weighted by Gasteiger charge is -2.48. The maximum atomic E-state index is 12.6. The van der Waals surface area contributed by atoms with E-state index in [0.29, 0.717) is 11.2 Å². The standard InChI is InChI=1S/C16H26O.C2H6/c17-14-13-15(7-3-1-4-8-15)11-12-16(14)9-5-2-6-10-16;1-2/h1-13H2;1-2H3. The number of carbonyl (C=O) groups excluding carboxylic acids is 1. The van der Waals surface area contributed by atoms with Crippen LogP contribution in [0, 0.1) is 10.8 Å². The van der Waals surface area contributed by atoms with Gasteiger partial charge in [0.25, 0.3) is 0 Å². The largest absolute Gasteiger partial charge is 0.299 e. The van der Waals surface area contributed by atoms with E-state index in [0.717, 1.165) is 6.42 Å². The van der Waals surface area contributed by atoms with Crippen molar-refractivity contribution in [2.75, 3.05) is 0 Å². The normalized spacial score (nSPS) is 28.8. The quantitative estimate of drug-likeness (QED) is 0.551. The van der Waals surface area contributed by atoms with Gasteiger partial charge in [0.2, 0.25) is 0 Å². The molecule has 0 unspecified atom stereocenters. The van der Waals surface area contributed by atoms with Crippen LogP contribution in [0.3, 0.4) is 0 Å². The van der Waals surface area contributed by atoms with Gasteiger partial charge in [-0.3, -0.25) is 4.79 Å². The lowest BCUT2D eigenvalue weighted by molar-refractivity contribution is -0.139. The van der Waals surface area contributed by atoms with Crippen molar-refractivity contribution in [3.05, 3.63) is 0 Å². The molecule has 0 heterocycles. The van der Waals surface area contributed by atoms with Crippen molar-refractivity contribution in [2.24, 2.45) is 10.8 Å². The molecule has 3 fully saturated rings. The Labute approximate surface area is 119 Å². The average Bonchev–Trinajstić information content (AvgIpc) is 2.48. The Balaban J connectivity index is 0.000000637. The minimum atomic E-state index is 0.154. The third kappa shape index (κ3) is 3.06. The third-order valence-corrected chi connectivity index (χ3v) is 5.99. The lowest BCUT2D eigenvalue weighted by atomic mass is 9.55. The van der Waals surface area contributed by atoms with Crippen molar-refractivity contribution in [3.8, 4) is 0 Å². The number of Topliss-reactive ketones (excluding diaryl/α,β-unsaturated/α-hetero) is 1. The van der Waals surface area contributed by atoms with Crippen LogP contribution in [0.25, 0.3) is 0 Å². The van der Waals surface area contributed by atoms with Crippen LogP contribution >= 0.6 is 0 Å². The SMILES string of the molecule is CC.O=C1CC2(CCCCC2)CCC12CCCCC2. The molecule has 0 bridgehead atoms. The van der Waals surface area contributed by atoms with E-state index in [1.54, 1.807) is 0 Å². The van der Waals surface area contributed by atoms with Gasteiger partial charge in [0.1, 0.15) is 5.78 Å². The highest BCUT2D eigenvalue weighted by molar-refractivity contribution is 5.86. The Kier molecular flexibility index (Phi) is 5.09. The molecule has 3 rings (SSSR count). The van der Waals surface area contributed by atoms with Gasteiger partial charge >= 0.3 is 0 Å². The molecular formula is C18H32O. The molecule has 0 saturated heterocycles. The summed E-state index contributed by atoms with van der Waals surface area (Å²) in [5, 5.41) is 0. The molecule has 1 heteroatoms. The summed E-state index contributed by atoms with van der Waals surface area (Å²) in [6.45, 7) is 4.00. The summed E-state index contributed by atoms with van der Waals surface area (Å²) >= 11 is 0. The minimum absolute atomic E-state index is 0.154. The summed E-state index contributed by atoms with van der Waals surface area (Å²) in [4.78, 5) is 12.6. The predicted molar refractivity (Wildman–Crippen MR) is 81.2 cm³/mol. The molecule has 0 aliphatic heterocycles. The Morgan fingerprint density at radius 1 is 0.684 bits per heavy atom. The van der Waals surface area contributed by atoms with Crippen molar-refractivity contribution in [3.63, 3.8) is 0 Å². The van der Waals surface area contributed by atoms with Crippen LogP contribution in [-0.2, 0) is 4.79 Å². The van der Waals surface area contributed by atoms with E-state index in [2.05, 4.69) is 0 Å². The Hall–Kier alpha value is -0.330. The Bertz CT molecular complexity index is 293. The molecule has 3 aliphatic rings. The van der Waals surface area contributed by atoms with Crippen molar-refractivity contribution < 1.29 is 4.79 Å². The second-order valence-corrected chi connectivity index (χ2v) is 7.00. The first-order chi connectivity index (χ1) is 9.25. The van der Waals surface area contributed by atoms with Crippen LogP contribution in [-0.4, -0.2) is 5.78 Å². The van der Waals surface area contributed by atoms with E-state index in [9.17, 15) is 4.79 Å². The van der Waals surface area contributed by atoms with Crippen molar-refractivity contribution in [1.29, 1.82) is 0 Å². The fourth-order valence-electron chi connectivity index (χ4n) is 4.75. The Morgan fingerprint density at radius 3 is 1.74 bits per heavy atom. The fourth-order valence-corrected chi connectivity index (χ4v) is 4.75. The predicted octanol–water partition coefficient (Wildman–Crippen LogP) is 5.67. The van der Waals surface area contributed by atoms with Gasteiger partial charge < -0.3 is 0 Å². The minimum Gasteiger partial charge on any atom is -0.299 e. The van der Waals surface area contributed by atoms with Gasteiger partial charge in [-0.25, -0.2) is 0 Å². The van der Waals surface area contributed by atoms with E-state index in [4.69, 9.17) is 0 Å². The van der Waals surface area contributed by atoms with Gasteiger partial charge in [0.15, 0.2) is 0 Å². The maximum absolute atomic E-state index is 12.6. The van der Waals surface area contributed by atoms with E-state index in [1.165, 1.54) is 77.0 Å². The van der Waals surface area contributed by atoms with Crippen LogP contribution in [0.5, 0.6) is 0 Å². The van der Waals surface area contributed by atoms with Crippen LogP contribution in [0.2, 0.25) is 0 Å². The summed E-state index contributed by atoms with van der Waals surface area (Å²) in [6.07, 6.45) is 16.8. The first-order valence-electron chi connectivity index (χ1n) is 8.78. The van der Waals surface area contributed by atoms with Crippen LogP contribution in [0.1, 0.15) is 97.3 Å². The molecule has 0 aromatic heterocycles. The highest BCUT2D eigenvalue weighted by atomic mass is 16.1. The van der Waals surface area contributed by atoms with Crippen molar-refractivity contribution >= 4 is 5.78 Å². The number of ketones is 1. The van der Waals surface area contributed by atoms with Gasteiger partial charge in [-0.1, -0.05) is 52.4 Å². The van der Waals surface area contributed by atoms with Crippen LogP contribution in [0.4, 0.5) is 0 Å². The second kappa shape index (κ2) is 6.41. The molecule has 0 aromatic rings. The van der Waals surface area contributed by atoms with E-state index in [1.807, 2.05) is 13.8 Å². The highest BCUT2D eigenvalue weighted by Gasteiger charge is 2.48. The zero-order valence-corrected chi connectivity index (χ0v) is 13.1. The zero-order valence-electron chi connectivity index (χ0n) is 13.1. The maximum Gasteiger partial charge on any atom is 0.139 e. The monoisotopic (exact) mass is 264 g/mol. The van der Waals surface area contributed by atoms with Gasteiger partial charge in [-0.05, 0) is 43.9 Å². The first-order valence-corrected chi connectivity index (χ1v) is 8.78. The number of carbonyl (C=O) groups is 1. The van der Waals surface area contributed by atoms with Gasteiger partial charge in [-0.2, -0.15) is 0 Å². The number of rotatable bonds is 0. The molecule has 110 valence electrons. The van der Waals surface area contributed by atoms with Crippen LogP contribution < -0.4 is 0 Å². The van der Waals surface area contributed by atoms with Crippen molar-refractivity contribution in [1.82, 2.24) is 0 Å². The molecule has 0 N–H and O–H groups in total. The summed E-state index contributed by atoms with van der Waals surface area (Å²) in [7, 11) is 0. The molecule has 0 atom stereocenters. The molecular weight excluding hydrogens is 232 g/mol. The summed E-state index contributed by atoms with van der Waals surface area (Å²) in [6, 6.07) is 0. The van der Waals surface area contributed by atoms with Gasteiger partial charge in [0, 0.05) is 11.8 Å². The van der Waals surface area contributed by atoms with E-state index >= 15 is 0 Å². The number of hydrogen-bond donors (Lipinski definition) is 0. The first kappa shape index (κ1) is 15.1. The van der Waals surface area contributed by atoms with E-state index in [-0.39, 0.29) is 5.41 Å².